The van der Waals surface area contributed by atoms with Gasteiger partial charge in [-0.3, -0.25) is 4.68 Å². The first-order chi connectivity index (χ1) is 7.11. The second-order valence-electron chi connectivity index (χ2n) is 3.52. The van der Waals surface area contributed by atoms with Gasteiger partial charge in [0.2, 0.25) is 0 Å². The van der Waals surface area contributed by atoms with E-state index in [-0.39, 0.29) is 0 Å². The predicted octanol–water partition coefficient (Wildman–Crippen LogP) is 0.783. The first-order valence-corrected chi connectivity index (χ1v) is 5.14. The molecule has 0 bridgehead atoms. The zero-order chi connectivity index (χ0) is 11.4. The molecule has 1 aromatic heterocycles. The molecule has 1 rings (SSSR count). The maximum atomic E-state index is 5.99. The molecule has 0 unspecified atom stereocenters. The number of hydrogen-bond acceptors (Lipinski definition) is 4. The Morgan fingerprint density at radius 3 is 2.60 bits per heavy atom. The fourth-order valence-corrected chi connectivity index (χ4v) is 1.65. The molecule has 0 aromatic carbocycles. The molecule has 0 amide bonds. The van der Waals surface area contributed by atoms with E-state index in [0.717, 1.165) is 30.3 Å². The van der Waals surface area contributed by atoms with Gasteiger partial charge in [-0.15, -0.1) is 0 Å². The Bertz CT molecular complexity index is 321. The Morgan fingerprint density at radius 1 is 1.53 bits per heavy atom. The van der Waals surface area contributed by atoms with Crippen LogP contribution in [0, 0.1) is 6.92 Å². The highest BCUT2D eigenvalue weighted by molar-refractivity contribution is 5.66. The van der Waals surface area contributed by atoms with Crippen molar-refractivity contribution in [2.24, 2.45) is 7.05 Å². The van der Waals surface area contributed by atoms with Crippen LogP contribution in [0.3, 0.4) is 0 Å². The standard InChI is InChI=1S/C10H20N4O/c1-5-14(6-7-15-4)10-9(11)8(2)12-13(10)3/h5-7,11H2,1-4H3. The maximum Gasteiger partial charge on any atom is 0.150 e. The van der Waals surface area contributed by atoms with Crippen LogP contribution in [-0.2, 0) is 11.8 Å². The SMILES string of the molecule is CCN(CCOC)c1c(N)c(C)nn1C. The maximum absolute atomic E-state index is 5.99. The first-order valence-electron chi connectivity index (χ1n) is 5.14. The lowest BCUT2D eigenvalue weighted by Gasteiger charge is -2.23. The summed E-state index contributed by atoms with van der Waals surface area (Å²) in [5, 5.41) is 4.30. The zero-order valence-electron chi connectivity index (χ0n) is 9.95. The van der Waals surface area contributed by atoms with Crippen molar-refractivity contribution in [2.45, 2.75) is 13.8 Å². The number of anilines is 2. The molecule has 0 atom stereocenters. The van der Waals surface area contributed by atoms with Crippen LogP contribution in [0.4, 0.5) is 11.5 Å². The van der Waals surface area contributed by atoms with Crippen LogP contribution >= 0.6 is 0 Å². The van der Waals surface area contributed by atoms with Gasteiger partial charge in [-0.1, -0.05) is 0 Å². The van der Waals surface area contributed by atoms with E-state index in [4.69, 9.17) is 10.5 Å². The van der Waals surface area contributed by atoms with E-state index in [0.29, 0.717) is 6.61 Å². The molecular formula is C10H20N4O. The average Bonchev–Trinajstić information content (AvgIpc) is 2.45. The lowest BCUT2D eigenvalue weighted by Crippen LogP contribution is -2.29. The van der Waals surface area contributed by atoms with Crippen LogP contribution < -0.4 is 10.6 Å². The number of methoxy groups -OCH3 is 1. The van der Waals surface area contributed by atoms with Crippen LogP contribution in [0.15, 0.2) is 0 Å². The van der Waals surface area contributed by atoms with Gasteiger partial charge in [0.15, 0.2) is 0 Å². The van der Waals surface area contributed by atoms with Crippen LogP contribution in [0.5, 0.6) is 0 Å². The second kappa shape index (κ2) is 5.02. The van der Waals surface area contributed by atoms with E-state index in [1.807, 2.05) is 18.7 Å². The summed E-state index contributed by atoms with van der Waals surface area (Å²) in [6, 6.07) is 0. The number of nitrogen functional groups attached to an aromatic ring is 1. The van der Waals surface area contributed by atoms with Gasteiger partial charge in [0.25, 0.3) is 0 Å². The summed E-state index contributed by atoms with van der Waals surface area (Å²) in [5.74, 6) is 0.979. The van der Waals surface area contributed by atoms with Crippen molar-refractivity contribution in [1.29, 1.82) is 0 Å². The average molecular weight is 212 g/mol. The van der Waals surface area contributed by atoms with Gasteiger partial charge >= 0.3 is 0 Å². The first kappa shape index (κ1) is 11.8. The van der Waals surface area contributed by atoms with Crippen LogP contribution in [-0.4, -0.2) is 36.6 Å². The third-order valence-electron chi connectivity index (χ3n) is 2.48. The van der Waals surface area contributed by atoms with Crippen molar-refractivity contribution >= 4 is 11.5 Å². The highest BCUT2D eigenvalue weighted by atomic mass is 16.5. The number of ether oxygens (including phenoxy) is 1. The second-order valence-corrected chi connectivity index (χ2v) is 3.52. The fourth-order valence-electron chi connectivity index (χ4n) is 1.65. The molecule has 0 radical (unpaired) electrons. The predicted molar refractivity (Wildman–Crippen MR) is 62.1 cm³/mol. The summed E-state index contributed by atoms with van der Waals surface area (Å²) in [6.45, 7) is 6.43. The van der Waals surface area contributed by atoms with Gasteiger partial charge in [0.05, 0.1) is 18.0 Å². The van der Waals surface area contributed by atoms with E-state index in [1.165, 1.54) is 0 Å². The molecule has 0 fully saturated rings. The Hall–Kier alpha value is -1.23. The number of hydrogen-bond donors (Lipinski definition) is 1. The number of aromatic nitrogens is 2. The highest BCUT2D eigenvalue weighted by Crippen LogP contribution is 2.24. The number of aryl methyl sites for hydroxylation is 2. The topological polar surface area (TPSA) is 56.3 Å². The summed E-state index contributed by atoms with van der Waals surface area (Å²) >= 11 is 0. The Labute approximate surface area is 90.8 Å². The molecule has 5 nitrogen and oxygen atoms in total. The van der Waals surface area contributed by atoms with Crippen molar-refractivity contribution in [3.8, 4) is 0 Å². The molecule has 0 aliphatic carbocycles. The number of rotatable bonds is 5. The summed E-state index contributed by atoms with van der Waals surface area (Å²) in [4.78, 5) is 2.17. The number of nitrogens with two attached hydrogens (primary N) is 1. The van der Waals surface area contributed by atoms with E-state index in [2.05, 4.69) is 16.9 Å². The van der Waals surface area contributed by atoms with Crippen molar-refractivity contribution in [3.63, 3.8) is 0 Å². The van der Waals surface area contributed by atoms with Crippen LogP contribution in [0.1, 0.15) is 12.6 Å². The van der Waals surface area contributed by atoms with Crippen molar-refractivity contribution in [1.82, 2.24) is 9.78 Å². The lowest BCUT2D eigenvalue weighted by molar-refractivity contribution is 0.205. The largest absolute Gasteiger partial charge is 0.394 e. The molecule has 0 saturated heterocycles. The quantitative estimate of drug-likeness (QED) is 0.783. The molecule has 15 heavy (non-hydrogen) atoms. The third-order valence-corrected chi connectivity index (χ3v) is 2.48. The molecule has 0 aliphatic rings. The van der Waals surface area contributed by atoms with Crippen molar-refractivity contribution in [2.75, 3.05) is 37.4 Å². The van der Waals surface area contributed by atoms with Crippen molar-refractivity contribution in [3.05, 3.63) is 5.69 Å². The molecule has 0 spiro atoms. The Morgan fingerprint density at radius 2 is 2.20 bits per heavy atom. The van der Waals surface area contributed by atoms with E-state index >= 15 is 0 Å². The van der Waals surface area contributed by atoms with E-state index in [9.17, 15) is 0 Å². The normalized spacial score (nSPS) is 10.7. The van der Waals surface area contributed by atoms with Gasteiger partial charge in [-0.25, -0.2) is 0 Å². The molecule has 0 saturated carbocycles. The summed E-state index contributed by atoms with van der Waals surface area (Å²) in [6.07, 6.45) is 0. The van der Waals surface area contributed by atoms with Gasteiger partial charge < -0.3 is 15.4 Å². The smallest absolute Gasteiger partial charge is 0.150 e. The Balaban J connectivity index is 2.90. The van der Waals surface area contributed by atoms with Gasteiger partial charge in [-0.2, -0.15) is 5.10 Å². The number of nitrogens with zero attached hydrogens (tertiary/aromatic N) is 3. The summed E-state index contributed by atoms with van der Waals surface area (Å²) < 4.78 is 6.89. The van der Waals surface area contributed by atoms with Gasteiger partial charge in [0, 0.05) is 27.2 Å². The molecule has 1 aromatic rings. The Kier molecular flexibility index (Phi) is 3.96. The van der Waals surface area contributed by atoms with E-state index < -0.39 is 0 Å². The molecular weight excluding hydrogens is 192 g/mol. The monoisotopic (exact) mass is 212 g/mol. The molecule has 86 valence electrons. The zero-order valence-corrected chi connectivity index (χ0v) is 9.95. The third kappa shape index (κ3) is 2.41. The minimum atomic E-state index is 0.692. The fraction of sp³-hybridized carbons (Fsp3) is 0.700. The molecule has 1 heterocycles. The minimum Gasteiger partial charge on any atom is -0.394 e. The molecule has 0 aliphatic heterocycles. The van der Waals surface area contributed by atoms with Gasteiger partial charge in [0.1, 0.15) is 5.82 Å². The lowest BCUT2D eigenvalue weighted by atomic mass is 10.3. The van der Waals surface area contributed by atoms with Crippen LogP contribution in [0.2, 0.25) is 0 Å². The molecule has 2 N–H and O–H groups in total. The summed E-state index contributed by atoms with van der Waals surface area (Å²) in [7, 11) is 3.61. The summed E-state index contributed by atoms with van der Waals surface area (Å²) in [5.41, 5.74) is 7.62. The van der Waals surface area contributed by atoms with E-state index in [1.54, 1.807) is 7.11 Å². The molecule has 5 heteroatoms. The number of likely N-dealkylation sites (N-methyl/N-ethyl adjacent to an activating group) is 1. The highest BCUT2D eigenvalue weighted by Gasteiger charge is 2.15. The minimum absolute atomic E-state index is 0.692. The van der Waals surface area contributed by atoms with Crippen LogP contribution in [0.25, 0.3) is 0 Å². The van der Waals surface area contributed by atoms with Crippen molar-refractivity contribution < 1.29 is 4.74 Å². The van der Waals surface area contributed by atoms with Gasteiger partial charge in [-0.05, 0) is 13.8 Å².